The summed E-state index contributed by atoms with van der Waals surface area (Å²) >= 11 is 7.24. The van der Waals surface area contributed by atoms with E-state index < -0.39 is 12.1 Å². The Morgan fingerprint density at radius 2 is 2.12 bits per heavy atom. The van der Waals surface area contributed by atoms with Gasteiger partial charge in [-0.15, -0.1) is 11.3 Å². The quantitative estimate of drug-likeness (QED) is 0.827. The van der Waals surface area contributed by atoms with Gasteiger partial charge in [0, 0.05) is 35.6 Å². The summed E-state index contributed by atoms with van der Waals surface area (Å²) in [5.41, 5.74) is 2.58. The third kappa shape index (κ3) is 4.56. The van der Waals surface area contributed by atoms with Crippen molar-refractivity contribution >= 4 is 34.8 Å². The smallest absolute Gasteiger partial charge is 0.243 e. The lowest BCUT2D eigenvalue weighted by Gasteiger charge is -2.23. The van der Waals surface area contributed by atoms with Crippen molar-refractivity contribution in [2.24, 2.45) is 0 Å². The van der Waals surface area contributed by atoms with Crippen molar-refractivity contribution in [3.63, 3.8) is 0 Å². The molecule has 0 bridgehead atoms. The molecule has 0 spiro atoms. The summed E-state index contributed by atoms with van der Waals surface area (Å²) in [6.07, 6.45) is 1.40. The van der Waals surface area contributed by atoms with Gasteiger partial charge in [-0.3, -0.25) is 14.6 Å². The van der Waals surface area contributed by atoms with Crippen LogP contribution in [0.4, 0.5) is 0 Å². The molecule has 1 aromatic carbocycles. The topological polar surface area (TPSA) is 82.5 Å². The Kier molecular flexibility index (Phi) is 5.67. The van der Waals surface area contributed by atoms with Gasteiger partial charge in [0.25, 0.3) is 0 Å². The minimum Gasteiger partial charge on any atom is -0.391 e. The lowest BCUT2D eigenvalue weighted by molar-refractivity contribution is -0.138. The van der Waals surface area contributed by atoms with Crippen LogP contribution < -0.4 is 5.32 Å². The molecule has 3 rings (SSSR count). The van der Waals surface area contributed by atoms with Gasteiger partial charge in [-0.2, -0.15) is 0 Å². The van der Waals surface area contributed by atoms with Gasteiger partial charge in [-0.05, 0) is 17.7 Å². The first-order valence-electron chi connectivity index (χ1n) is 7.90. The number of nitrogens with zero attached hydrogens (tertiary/aromatic N) is 2. The molecule has 1 fully saturated rings. The van der Waals surface area contributed by atoms with E-state index in [-0.39, 0.29) is 31.2 Å². The molecule has 2 atom stereocenters. The van der Waals surface area contributed by atoms with Crippen LogP contribution >= 0.6 is 22.9 Å². The molecule has 1 aliphatic rings. The highest BCUT2D eigenvalue weighted by molar-refractivity contribution is 7.09. The summed E-state index contributed by atoms with van der Waals surface area (Å²) in [6.45, 7) is 0.524. The van der Waals surface area contributed by atoms with E-state index in [0.717, 1.165) is 10.4 Å². The standard InChI is InChI=1S/C17H18ClN3O3S/c18-12-3-1-11(2-4-12)7-20-17(24)15-5-13(22)9-21(15)16(23)6-14-8-19-10-25-14/h1-4,8,10,13,15,22H,5-7,9H2,(H,20,24)/t13?,15-/m0/s1. The number of carbonyl (C=O) groups excluding carboxylic acids is 2. The summed E-state index contributed by atoms with van der Waals surface area (Å²) in [5, 5.41) is 13.4. The van der Waals surface area contributed by atoms with Gasteiger partial charge in [0.05, 0.1) is 18.0 Å². The van der Waals surface area contributed by atoms with Crippen LogP contribution in [0.2, 0.25) is 5.02 Å². The largest absolute Gasteiger partial charge is 0.391 e. The van der Waals surface area contributed by atoms with E-state index in [1.54, 1.807) is 23.8 Å². The molecule has 2 amide bonds. The summed E-state index contributed by atoms with van der Waals surface area (Å²) in [5.74, 6) is -0.434. The second kappa shape index (κ2) is 7.95. The predicted molar refractivity (Wildman–Crippen MR) is 95.2 cm³/mol. The van der Waals surface area contributed by atoms with Crippen LogP contribution in [0.5, 0.6) is 0 Å². The Bertz CT molecular complexity index is 736. The number of nitrogens with one attached hydrogen (secondary N) is 1. The minimum atomic E-state index is -0.684. The molecule has 8 heteroatoms. The van der Waals surface area contributed by atoms with Crippen molar-refractivity contribution in [1.29, 1.82) is 0 Å². The van der Waals surface area contributed by atoms with E-state index in [9.17, 15) is 14.7 Å². The van der Waals surface area contributed by atoms with E-state index >= 15 is 0 Å². The third-order valence-electron chi connectivity index (χ3n) is 4.09. The number of halogens is 1. The van der Waals surface area contributed by atoms with Crippen LogP contribution in [0.25, 0.3) is 0 Å². The molecule has 2 N–H and O–H groups in total. The van der Waals surface area contributed by atoms with Gasteiger partial charge in [0.15, 0.2) is 0 Å². The number of benzene rings is 1. The van der Waals surface area contributed by atoms with Crippen molar-refractivity contribution in [2.75, 3.05) is 6.54 Å². The second-order valence-corrected chi connectivity index (χ2v) is 7.35. The molecule has 1 saturated heterocycles. The molecule has 1 aromatic heterocycles. The third-order valence-corrected chi connectivity index (χ3v) is 5.12. The SMILES string of the molecule is O=C(NCc1ccc(Cl)cc1)[C@@H]1CC(O)CN1C(=O)Cc1cncs1. The molecule has 132 valence electrons. The highest BCUT2D eigenvalue weighted by Crippen LogP contribution is 2.20. The van der Waals surface area contributed by atoms with Crippen molar-refractivity contribution in [3.8, 4) is 0 Å². The number of aliphatic hydroxyl groups is 1. The van der Waals surface area contributed by atoms with E-state index in [1.165, 1.54) is 16.2 Å². The number of thiazole rings is 1. The number of β-amino-alcohol motifs (C(OH)–C–C–N with tert-alkyl or cyclic N) is 1. The molecule has 0 aliphatic carbocycles. The van der Waals surface area contributed by atoms with Crippen LogP contribution in [0.3, 0.4) is 0 Å². The lowest BCUT2D eigenvalue weighted by Crippen LogP contribution is -2.46. The van der Waals surface area contributed by atoms with Crippen molar-refractivity contribution in [2.45, 2.75) is 31.5 Å². The average Bonchev–Trinajstić information content (AvgIpc) is 3.23. The number of amides is 2. The van der Waals surface area contributed by atoms with Gasteiger partial charge in [-0.1, -0.05) is 23.7 Å². The zero-order valence-corrected chi connectivity index (χ0v) is 15.0. The number of aromatic nitrogens is 1. The van der Waals surface area contributed by atoms with Gasteiger partial charge in [0.2, 0.25) is 11.8 Å². The summed E-state index contributed by atoms with van der Waals surface area (Å²) < 4.78 is 0. The number of carbonyl (C=O) groups is 2. The number of hydrogen-bond acceptors (Lipinski definition) is 5. The molecule has 2 aromatic rings. The average molecular weight is 380 g/mol. The first kappa shape index (κ1) is 17.8. The van der Waals surface area contributed by atoms with Crippen molar-refractivity contribution in [1.82, 2.24) is 15.2 Å². The Labute approximate surface area is 154 Å². The fraction of sp³-hybridized carbons (Fsp3) is 0.353. The first-order chi connectivity index (χ1) is 12.0. The molecule has 0 saturated carbocycles. The zero-order chi connectivity index (χ0) is 17.8. The van der Waals surface area contributed by atoms with Gasteiger partial charge >= 0.3 is 0 Å². The number of aliphatic hydroxyl groups excluding tert-OH is 1. The highest BCUT2D eigenvalue weighted by atomic mass is 35.5. The molecular formula is C17H18ClN3O3S. The fourth-order valence-electron chi connectivity index (χ4n) is 2.83. The number of hydrogen-bond donors (Lipinski definition) is 2. The summed E-state index contributed by atoms with van der Waals surface area (Å²) in [6, 6.07) is 6.53. The molecular weight excluding hydrogens is 362 g/mol. The van der Waals surface area contributed by atoms with Crippen LogP contribution in [0.1, 0.15) is 16.9 Å². The van der Waals surface area contributed by atoms with Gasteiger partial charge < -0.3 is 15.3 Å². The van der Waals surface area contributed by atoms with Crippen molar-refractivity contribution < 1.29 is 14.7 Å². The molecule has 2 heterocycles. The van der Waals surface area contributed by atoms with Crippen LogP contribution in [-0.2, 0) is 22.6 Å². The van der Waals surface area contributed by atoms with Crippen LogP contribution in [0.15, 0.2) is 36.0 Å². The fourth-order valence-corrected chi connectivity index (χ4v) is 3.54. The van der Waals surface area contributed by atoms with E-state index in [2.05, 4.69) is 10.3 Å². The summed E-state index contributed by atoms with van der Waals surface area (Å²) in [4.78, 5) is 31.2. The van der Waals surface area contributed by atoms with Crippen LogP contribution in [0, 0.1) is 0 Å². The maximum atomic E-state index is 12.5. The lowest BCUT2D eigenvalue weighted by atomic mass is 10.1. The summed E-state index contributed by atoms with van der Waals surface area (Å²) in [7, 11) is 0. The van der Waals surface area contributed by atoms with Crippen molar-refractivity contribution in [3.05, 3.63) is 51.4 Å². The van der Waals surface area contributed by atoms with E-state index in [0.29, 0.717) is 11.6 Å². The molecule has 25 heavy (non-hydrogen) atoms. The van der Waals surface area contributed by atoms with E-state index in [4.69, 9.17) is 11.6 Å². The Morgan fingerprint density at radius 3 is 2.80 bits per heavy atom. The molecule has 6 nitrogen and oxygen atoms in total. The van der Waals surface area contributed by atoms with E-state index in [1.807, 2.05) is 12.1 Å². The van der Waals surface area contributed by atoms with Gasteiger partial charge in [-0.25, -0.2) is 0 Å². The highest BCUT2D eigenvalue weighted by Gasteiger charge is 2.38. The number of likely N-dealkylation sites (tertiary alicyclic amines) is 1. The first-order valence-corrected chi connectivity index (χ1v) is 9.15. The number of rotatable bonds is 5. The van der Waals surface area contributed by atoms with Gasteiger partial charge in [0.1, 0.15) is 6.04 Å². The molecule has 0 radical (unpaired) electrons. The maximum absolute atomic E-state index is 12.5. The second-order valence-electron chi connectivity index (χ2n) is 5.94. The monoisotopic (exact) mass is 379 g/mol. The van der Waals surface area contributed by atoms with Crippen LogP contribution in [-0.4, -0.2) is 45.5 Å². The maximum Gasteiger partial charge on any atom is 0.243 e. The minimum absolute atomic E-state index is 0.174. The molecule has 1 unspecified atom stereocenters. The zero-order valence-electron chi connectivity index (χ0n) is 13.4. The Hall–Kier alpha value is -1.96. The predicted octanol–water partition coefficient (Wildman–Crippen LogP) is 1.62. The molecule has 1 aliphatic heterocycles. The Morgan fingerprint density at radius 1 is 1.36 bits per heavy atom. The Balaban J connectivity index is 1.61. The normalized spacial score (nSPS) is 19.8.